The van der Waals surface area contributed by atoms with E-state index in [9.17, 15) is 9.59 Å². The van der Waals surface area contributed by atoms with Crippen molar-refractivity contribution >= 4 is 63.9 Å². The number of hydrogen-bond donors (Lipinski definition) is 1. The van der Waals surface area contributed by atoms with E-state index in [4.69, 9.17) is 46.4 Å². The molecule has 2 aliphatic heterocycles. The lowest BCUT2D eigenvalue weighted by molar-refractivity contribution is -0.136. The summed E-state index contributed by atoms with van der Waals surface area (Å²) in [5, 5.41) is 3.48. The van der Waals surface area contributed by atoms with Gasteiger partial charge in [-0.3, -0.25) is 19.4 Å². The van der Waals surface area contributed by atoms with E-state index >= 15 is 0 Å². The van der Waals surface area contributed by atoms with Crippen LogP contribution in [-0.2, 0) is 9.59 Å². The van der Waals surface area contributed by atoms with Crippen LogP contribution in [0.4, 0.5) is 5.69 Å². The van der Waals surface area contributed by atoms with Gasteiger partial charge in [0.2, 0.25) is 11.8 Å². The summed E-state index contributed by atoms with van der Waals surface area (Å²) in [5.41, 5.74) is 0.223. The van der Waals surface area contributed by atoms with Crippen LogP contribution in [0.1, 0.15) is 26.2 Å². The molecule has 2 amide bonds. The molecule has 0 aromatic heterocycles. The molecule has 166 valence electrons. The van der Waals surface area contributed by atoms with Gasteiger partial charge in [0.1, 0.15) is 0 Å². The Bertz CT molecular complexity index is 773. The molecule has 2 aliphatic rings. The number of anilines is 1. The largest absolute Gasteiger partial charge is 0.339 e. The fourth-order valence-electron chi connectivity index (χ4n) is 3.92. The van der Waals surface area contributed by atoms with Crippen LogP contribution in [-0.4, -0.2) is 78.4 Å². The predicted octanol–water partition coefficient (Wildman–Crippen LogP) is 4.26. The number of carbonyl (C=O) groups excluding carboxylic acids is 2. The molecule has 30 heavy (non-hydrogen) atoms. The Balaban J connectivity index is 1.47. The van der Waals surface area contributed by atoms with Gasteiger partial charge in [-0.05, 0) is 32.3 Å². The fourth-order valence-corrected chi connectivity index (χ4v) is 4.83. The average Bonchev–Trinajstić information content (AvgIpc) is 2.71. The Morgan fingerprint density at radius 1 is 0.933 bits per heavy atom. The van der Waals surface area contributed by atoms with E-state index < -0.39 is 0 Å². The Hall–Kier alpha value is -0.760. The summed E-state index contributed by atoms with van der Waals surface area (Å²) in [4.78, 5) is 31.3. The van der Waals surface area contributed by atoms with E-state index in [0.717, 1.165) is 32.5 Å². The van der Waals surface area contributed by atoms with Gasteiger partial charge in [-0.1, -0.05) is 46.4 Å². The molecule has 3 rings (SSSR count). The molecule has 1 N–H and O–H groups in total. The van der Waals surface area contributed by atoms with Gasteiger partial charge >= 0.3 is 0 Å². The highest BCUT2D eigenvalue weighted by Gasteiger charge is 2.27. The third-order valence-electron chi connectivity index (χ3n) is 5.69. The van der Waals surface area contributed by atoms with Crippen molar-refractivity contribution in [2.24, 2.45) is 0 Å². The molecule has 0 bridgehead atoms. The first-order valence-electron chi connectivity index (χ1n) is 10.1. The van der Waals surface area contributed by atoms with Crippen LogP contribution in [0.2, 0.25) is 20.1 Å². The van der Waals surface area contributed by atoms with Crippen LogP contribution in [0.3, 0.4) is 0 Å². The minimum Gasteiger partial charge on any atom is -0.339 e. The number of hydrogen-bond acceptors (Lipinski definition) is 4. The number of nitrogens with zero attached hydrogens (tertiary/aromatic N) is 3. The minimum absolute atomic E-state index is 0.162. The molecule has 0 aliphatic carbocycles. The van der Waals surface area contributed by atoms with Crippen molar-refractivity contribution in [3.8, 4) is 0 Å². The quantitative estimate of drug-likeness (QED) is 0.620. The molecular weight excluding hydrogens is 470 g/mol. The van der Waals surface area contributed by atoms with Gasteiger partial charge < -0.3 is 10.2 Å². The van der Waals surface area contributed by atoms with E-state index in [1.807, 2.05) is 9.80 Å². The number of nitrogens with one attached hydrogen (secondary N) is 1. The van der Waals surface area contributed by atoms with E-state index in [2.05, 4.69) is 17.1 Å². The summed E-state index contributed by atoms with van der Waals surface area (Å²) in [6, 6.07) is 1.77. The molecule has 0 saturated carbocycles. The molecule has 2 saturated heterocycles. The van der Waals surface area contributed by atoms with Crippen molar-refractivity contribution in [1.29, 1.82) is 0 Å². The molecule has 10 heteroatoms. The highest BCUT2D eigenvalue weighted by atomic mass is 35.5. The fraction of sp³-hybridized carbons (Fsp3) is 0.600. The molecule has 0 spiro atoms. The highest BCUT2D eigenvalue weighted by Crippen LogP contribution is 2.41. The zero-order valence-corrected chi connectivity index (χ0v) is 19.9. The van der Waals surface area contributed by atoms with Crippen LogP contribution < -0.4 is 5.32 Å². The smallest absolute Gasteiger partial charge is 0.238 e. The maximum Gasteiger partial charge on any atom is 0.238 e. The summed E-state index contributed by atoms with van der Waals surface area (Å²) in [5.74, 6) is -0.0423. The molecule has 1 unspecified atom stereocenters. The summed E-state index contributed by atoms with van der Waals surface area (Å²) < 4.78 is 0. The molecule has 6 nitrogen and oxygen atoms in total. The monoisotopic (exact) mass is 494 g/mol. The number of rotatable bonds is 5. The van der Waals surface area contributed by atoms with E-state index in [1.54, 1.807) is 0 Å². The molecule has 0 radical (unpaired) electrons. The van der Waals surface area contributed by atoms with Crippen LogP contribution in [0, 0.1) is 0 Å². The SMILES string of the molecule is CC1CCCCN1C(=O)CN1CCN(CC(=O)Nc2c(Cl)c(Cl)cc(Cl)c2Cl)CC1. The number of likely N-dealkylation sites (tertiary alicyclic amines) is 1. The summed E-state index contributed by atoms with van der Waals surface area (Å²) in [7, 11) is 0. The normalized spacial score (nSPS) is 21.0. The second kappa shape index (κ2) is 10.7. The Labute approximate surface area is 197 Å². The van der Waals surface area contributed by atoms with Crippen molar-refractivity contribution in [3.63, 3.8) is 0 Å². The molecule has 1 aromatic carbocycles. The number of benzene rings is 1. The van der Waals surface area contributed by atoms with Gasteiger partial charge in [0.25, 0.3) is 0 Å². The first-order chi connectivity index (χ1) is 14.3. The zero-order chi connectivity index (χ0) is 21.8. The third kappa shape index (κ3) is 5.93. The number of piperidine rings is 1. The summed E-state index contributed by atoms with van der Waals surface area (Å²) in [6.07, 6.45) is 3.37. The van der Waals surface area contributed by atoms with Gasteiger partial charge in [-0.15, -0.1) is 0 Å². The van der Waals surface area contributed by atoms with Crippen LogP contribution >= 0.6 is 46.4 Å². The number of amides is 2. The predicted molar refractivity (Wildman–Crippen MR) is 123 cm³/mol. The summed E-state index contributed by atoms with van der Waals surface area (Å²) >= 11 is 24.3. The van der Waals surface area contributed by atoms with Crippen molar-refractivity contribution in [1.82, 2.24) is 14.7 Å². The molecule has 2 heterocycles. The van der Waals surface area contributed by atoms with E-state index in [0.29, 0.717) is 25.7 Å². The van der Waals surface area contributed by atoms with Crippen LogP contribution in [0.25, 0.3) is 0 Å². The van der Waals surface area contributed by atoms with E-state index in [1.165, 1.54) is 12.5 Å². The van der Waals surface area contributed by atoms with Crippen LogP contribution in [0.15, 0.2) is 6.07 Å². The van der Waals surface area contributed by atoms with Crippen molar-refractivity contribution in [2.45, 2.75) is 32.2 Å². The molecule has 1 atom stereocenters. The number of carbonyl (C=O) groups is 2. The lowest BCUT2D eigenvalue weighted by Crippen LogP contribution is -2.53. The number of piperazine rings is 1. The minimum atomic E-state index is -0.246. The number of halogens is 4. The lowest BCUT2D eigenvalue weighted by Gasteiger charge is -2.37. The maximum atomic E-state index is 12.6. The van der Waals surface area contributed by atoms with Crippen molar-refractivity contribution in [2.75, 3.05) is 51.1 Å². The third-order valence-corrected chi connectivity index (χ3v) is 7.27. The van der Waals surface area contributed by atoms with Crippen LogP contribution in [0.5, 0.6) is 0 Å². The van der Waals surface area contributed by atoms with Crippen molar-refractivity contribution in [3.05, 3.63) is 26.2 Å². The summed E-state index contributed by atoms with van der Waals surface area (Å²) in [6.45, 7) is 6.51. The van der Waals surface area contributed by atoms with E-state index in [-0.39, 0.29) is 44.1 Å². The van der Waals surface area contributed by atoms with Gasteiger partial charge in [0, 0.05) is 38.8 Å². The first kappa shape index (κ1) is 23.9. The van der Waals surface area contributed by atoms with Gasteiger partial charge in [-0.25, -0.2) is 0 Å². The molecule has 2 fully saturated rings. The molecule has 1 aromatic rings. The topological polar surface area (TPSA) is 55.9 Å². The standard InChI is InChI=1S/C20H26Cl4N4O2/c1-13-4-2-3-5-28(13)17(30)12-27-8-6-26(7-9-27)11-16(29)25-20-18(23)14(21)10-15(22)19(20)24/h10,13H,2-9,11-12H2,1H3,(H,25,29). The second-order valence-electron chi connectivity index (χ2n) is 7.88. The zero-order valence-electron chi connectivity index (χ0n) is 16.9. The maximum absolute atomic E-state index is 12.6. The Kier molecular flexibility index (Phi) is 8.53. The van der Waals surface area contributed by atoms with Gasteiger partial charge in [0.15, 0.2) is 0 Å². The Morgan fingerprint density at radius 2 is 1.50 bits per heavy atom. The van der Waals surface area contributed by atoms with Gasteiger partial charge in [-0.2, -0.15) is 0 Å². The molecular formula is C20H26Cl4N4O2. The Morgan fingerprint density at radius 3 is 2.07 bits per heavy atom. The lowest BCUT2D eigenvalue weighted by atomic mass is 10.0. The average molecular weight is 496 g/mol. The highest BCUT2D eigenvalue weighted by molar-refractivity contribution is 6.50. The van der Waals surface area contributed by atoms with Gasteiger partial charge in [0.05, 0.1) is 38.9 Å². The first-order valence-corrected chi connectivity index (χ1v) is 11.6. The second-order valence-corrected chi connectivity index (χ2v) is 9.45. The van der Waals surface area contributed by atoms with Crippen molar-refractivity contribution < 1.29 is 9.59 Å².